The molecule has 2 heteroatoms. The van der Waals surface area contributed by atoms with E-state index in [0.29, 0.717) is 0 Å². The summed E-state index contributed by atoms with van der Waals surface area (Å²) in [4.78, 5) is 0. The Morgan fingerprint density at radius 2 is 2.25 bits per heavy atom. The van der Waals surface area contributed by atoms with E-state index in [4.69, 9.17) is 0 Å². The average Bonchev–Trinajstić information content (AvgIpc) is 2.53. The summed E-state index contributed by atoms with van der Waals surface area (Å²) in [5, 5.41) is 0. The van der Waals surface area contributed by atoms with Gasteiger partial charge in [0, 0.05) is 0 Å². The summed E-state index contributed by atoms with van der Waals surface area (Å²) >= 11 is 0. The van der Waals surface area contributed by atoms with E-state index in [1.54, 1.807) is 0 Å². The molecule has 0 aliphatic rings. The third-order valence-electron chi connectivity index (χ3n) is 1.81. The predicted octanol–water partition coefficient (Wildman–Crippen LogP) is 2.07. The monoisotopic (exact) mass is 165 g/mol. The van der Waals surface area contributed by atoms with Crippen molar-refractivity contribution < 1.29 is 4.57 Å². The van der Waals surface area contributed by atoms with Gasteiger partial charge in [0.15, 0.2) is 0 Å². The van der Waals surface area contributed by atoms with E-state index in [1.807, 2.05) is 0 Å². The van der Waals surface area contributed by atoms with Crippen molar-refractivity contribution in [2.75, 3.05) is 0 Å². The van der Waals surface area contributed by atoms with Gasteiger partial charge < -0.3 is 0 Å². The first-order valence-electron chi connectivity index (χ1n) is 4.60. The SMILES string of the molecule is CCCC=Cn1cc[n+](CC)c1. The number of hydrogen-bond acceptors (Lipinski definition) is 0. The second-order valence-electron chi connectivity index (χ2n) is 2.86. The highest BCUT2D eigenvalue weighted by molar-refractivity contribution is 5.19. The molecule has 0 N–H and O–H groups in total. The summed E-state index contributed by atoms with van der Waals surface area (Å²) in [5.41, 5.74) is 0. The van der Waals surface area contributed by atoms with Crippen molar-refractivity contribution >= 4 is 6.20 Å². The highest BCUT2D eigenvalue weighted by Gasteiger charge is 1.95. The van der Waals surface area contributed by atoms with Crippen LogP contribution >= 0.6 is 0 Å². The van der Waals surface area contributed by atoms with Gasteiger partial charge in [-0.05, 0) is 19.4 Å². The molecule has 1 aromatic rings. The molecule has 0 aliphatic carbocycles. The fraction of sp³-hybridized carbons (Fsp3) is 0.500. The number of allylic oxidation sites excluding steroid dienone is 1. The number of aromatic nitrogens is 2. The molecule has 0 fully saturated rings. The molecule has 1 rings (SSSR count). The molecule has 0 radical (unpaired) electrons. The largest absolute Gasteiger partial charge is 0.248 e. The van der Waals surface area contributed by atoms with Crippen molar-refractivity contribution in [1.82, 2.24) is 4.57 Å². The summed E-state index contributed by atoms with van der Waals surface area (Å²) in [6.45, 7) is 5.36. The van der Waals surface area contributed by atoms with E-state index in [0.717, 1.165) is 13.0 Å². The normalized spacial score (nSPS) is 11.2. The zero-order valence-electron chi connectivity index (χ0n) is 7.90. The zero-order valence-corrected chi connectivity index (χ0v) is 7.90. The maximum atomic E-state index is 2.19. The fourth-order valence-electron chi connectivity index (χ4n) is 1.05. The van der Waals surface area contributed by atoms with Crippen molar-refractivity contribution in [3.63, 3.8) is 0 Å². The maximum Gasteiger partial charge on any atom is 0.248 e. The van der Waals surface area contributed by atoms with Gasteiger partial charge in [-0.2, -0.15) is 0 Å². The van der Waals surface area contributed by atoms with E-state index < -0.39 is 0 Å². The first-order chi connectivity index (χ1) is 5.86. The lowest BCUT2D eigenvalue weighted by molar-refractivity contribution is -0.692. The lowest BCUT2D eigenvalue weighted by Crippen LogP contribution is -2.28. The van der Waals surface area contributed by atoms with Crippen molar-refractivity contribution in [2.45, 2.75) is 33.2 Å². The number of imidazole rings is 1. The van der Waals surface area contributed by atoms with Crippen LogP contribution in [-0.4, -0.2) is 4.57 Å². The van der Waals surface area contributed by atoms with Gasteiger partial charge in [0.2, 0.25) is 6.33 Å². The van der Waals surface area contributed by atoms with E-state index in [9.17, 15) is 0 Å². The topological polar surface area (TPSA) is 8.81 Å². The van der Waals surface area contributed by atoms with Gasteiger partial charge in [-0.1, -0.05) is 13.3 Å². The molecule has 0 bridgehead atoms. The van der Waals surface area contributed by atoms with Crippen LogP contribution in [0.15, 0.2) is 24.8 Å². The third kappa shape index (κ3) is 2.53. The molecule has 0 aliphatic heterocycles. The van der Waals surface area contributed by atoms with Gasteiger partial charge in [0.25, 0.3) is 0 Å². The minimum atomic E-state index is 1.04. The van der Waals surface area contributed by atoms with Crippen molar-refractivity contribution in [1.29, 1.82) is 0 Å². The highest BCUT2D eigenvalue weighted by Crippen LogP contribution is 1.91. The van der Waals surface area contributed by atoms with Gasteiger partial charge in [-0.25, -0.2) is 9.13 Å². The molecule has 66 valence electrons. The summed E-state index contributed by atoms with van der Waals surface area (Å²) in [6, 6.07) is 0. The average molecular weight is 165 g/mol. The molecular formula is C10H17N2+. The molecule has 1 aromatic heterocycles. The molecule has 0 aromatic carbocycles. The summed E-state index contributed by atoms with van der Waals surface area (Å²) < 4.78 is 4.23. The second kappa shape index (κ2) is 4.75. The molecule has 0 atom stereocenters. The predicted molar refractivity (Wildman–Crippen MR) is 50.5 cm³/mol. The van der Waals surface area contributed by atoms with Crippen LogP contribution in [0.1, 0.15) is 26.7 Å². The standard InChI is InChI=1S/C10H17N2/c1-3-5-6-7-12-9-8-11(4-2)10-12/h6-10H,3-5H2,1-2H3/q+1. The Labute approximate surface area is 74.1 Å². The Balaban J connectivity index is 2.51. The van der Waals surface area contributed by atoms with Gasteiger partial charge >= 0.3 is 0 Å². The maximum absolute atomic E-state index is 2.19. The van der Waals surface area contributed by atoms with Crippen LogP contribution in [0.3, 0.4) is 0 Å². The Morgan fingerprint density at radius 1 is 1.42 bits per heavy atom. The highest BCUT2D eigenvalue weighted by atomic mass is 15.1. The Hall–Kier alpha value is -1.05. The minimum Gasteiger partial charge on any atom is -0.237 e. The van der Waals surface area contributed by atoms with Crippen LogP contribution < -0.4 is 4.57 Å². The van der Waals surface area contributed by atoms with Crippen LogP contribution in [0.5, 0.6) is 0 Å². The molecule has 0 spiro atoms. The van der Waals surface area contributed by atoms with Crippen molar-refractivity contribution in [2.24, 2.45) is 0 Å². The number of aryl methyl sites for hydroxylation is 1. The van der Waals surface area contributed by atoms with Crippen LogP contribution in [0.2, 0.25) is 0 Å². The fourth-order valence-corrected chi connectivity index (χ4v) is 1.05. The minimum absolute atomic E-state index is 1.04. The van der Waals surface area contributed by atoms with E-state index in [1.165, 1.54) is 6.42 Å². The number of unbranched alkanes of at least 4 members (excludes halogenated alkanes) is 1. The van der Waals surface area contributed by atoms with Gasteiger partial charge in [0.05, 0.1) is 12.7 Å². The van der Waals surface area contributed by atoms with E-state index >= 15 is 0 Å². The van der Waals surface area contributed by atoms with Crippen LogP contribution in [0.25, 0.3) is 6.20 Å². The number of nitrogens with zero attached hydrogens (tertiary/aromatic N) is 2. The molecule has 0 saturated heterocycles. The van der Waals surface area contributed by atoms with Crippen LogP contribution in [-0.2, 0) is 6.54 Å². The van der Waals surface area contributed by atoms with Gasteiger partial charge in [-0.15, -0.1) is 0 Å². The Kier molecular flexibility index (Phi) is 3.58. The molecule has 12 heavy (non-hydrogen) atoms. The Morgan fingerprint density at radius 3 is 2.83 bits per heavy atom. The molecule has 0 amide bonds. The number of rotatable bonds is 4. The molecule has 0 unspecified atom stereocenters. The lowest BCUT2D eigenvalue weighted by atomic mass is 10.3. The van der Waals surface area contributed by atoms with E-state index in [-0.39, 0.29) is 0 Å². The summed E-state index contributed by atoms with van der Waals surface area (Å²) in [5.74, 6) is 0. The quantitative estimate of drug-likeness (QED) is 0.604. The molecule has 1 heterocycles. The number of hydrogen-bond donors (Lipinski definition) is 0. The smallest absolute Gasteiger partial charge is 0.237 e. The first kappa shape index (κ1) is 9.04. The molecule has 0 saturated carbocycles. The van der Waals surface area contributed by atoms with Gasteiger partial charge in [-0.3, -0.25) is 0 Å². The van der Waals surface area contributed by atoms with Crippen LogP contribution in [0.4, 0.5) is 0 Å². The Bertz CT molecular complexity index is 248. The first-order valence-corrected chi connectivity index (χ1v) is 4.60. The third-order valence-corrected chi connectivity index (χ3v) is 1.81. The second-order valence-corrected chi connectivity index (χ2v) is 2.86. The van der Waals surface area contributed by atoms with Crippen LogP contribution in [0, 0.1) is 0 Å². The summed E-state index contributed by atoms with van der Waals surface area (Å²) in [6.07, 6.45) is 12.9. The van der Waals surface area contributed by atoms with Gasteiger partial charge in [0.1, 0.15) is 12.4 Å². The van der Waals surface area contributed by atoms with E-state index in [2.05, 4.69) is 54.0 Å². The van der Waals surface area contributed by atoms with Crippen molar-refractivity contribution in [3.8, 4) is 0 Å². The zero-order chi connectivity index (χ0) is 8.81. The molecule has 2 nitrogen and oxygen atoms in total. The molecular weight excluding hydrogens is 148 g/mol. The lowest BCUT2D eigenvalue weighted by Gasteiger charge is -1.84. The summed E-state index contributed by atoms with van der Waals surface area (Å²) in [7, 11) is 0. The van der Waals surface area contributed by atoms with Crippen molar-refractivity contribution in [3.05, 3.63) is 24.8 Å².